The van der Waals surface area contributed by atoms with Crippen molar-refractivity contribution in [3.63, 3.8) is 0 Å². The van der Waals surface area contributed by atoms with Crippen molar-refractivity contribution in [1.29, 1.82) is 0 Å². The number of rotatable bonds is 8. The minimum Gasteiger partial charge on any atom is -0.396 e. The van der Waals surface area contributed by atoms with Crippen LogP contribution in [-0.2, 0) is 4.74 Å². The van der Waals surface area contributed by atoms with E-state index in [2.05, 4.69) is 5.32 Å². The second-order valence-electron chi connectivity index (χ2n) is 5.43. The van der Waals surface area contributed by atoms with Crippen LogP contribution in [0.3, 0.4) is 0 Å². The number of nitrogens with one attached hydrogen (secondary N) is 1. The van der Waals surface area contributed by atoms with E-state index in [9.17, 15) is 0 Å². The third kappa shape index (κ3) is 5.82. The molecule has 0 radical (unpaired) electrons. The quantitative estimate of drug-likeness (QED) is 0.556. The van der Waals surface area contributed by atoms with Gasteiger partial charge in [0.05, 0.1) is 25.9 Å². The first-order chi connectivity index (χ1) is 8.20. The summed E-state index contributed by atoms with van der Waals surface area (Å²) in [6.45, 7) is 3.99. The van der Waals surface area contributed by atoms with Crippen molar-refractivity contribution in [3.8, 4) is 0 Å². The number of aliphatic hydroxyl groups excluding tert-OH is 2. The normalized spacial score (nSPS) is 18.5. The molecule has 3 N–H and O–H groups in total. The molecule has 0 aliphatic heterocycles. The Bertz CT molecular complexity index is 189. The molecule has 0 unspecified atom stereocenters. The first-order valence-electron chi connectivity index (χ1n) is 6.74. The van der Waals surface area contributed by atoms with E-state index in [1.54, 1.807) is 0 Å². The lowest BCUT2D eigenvalue weighted by atomic mass is 9.93. The Hall–Kier alpha value is -0.160. The summed E-state index contributed by atoms with van der Waals surface area (Å²) in [5.74, 6) is 0. The SMILES string of the molecule is CC(CO)(CO)CNCCOC1CCCCC1. The highest BCUT2D eigenvalue weighted by Gasteiger charge is 2.21. The lowest BCUT2D eigenvalue weighted by Crippen LogP contribution is -2.39. The van der Waals surface area contributed by atoms with Crippen molar-refractivity contribution in [2.45, 2.75) is 45.1 Å². The van der Waals surface area contributed by atoms with Gasteiger partial charge in [0, 0.05) is 18.5 Å². The predicted octanol–water partition coefficient (Wildman–Crippen LogP) is 0.916. The van der Waals surface area contributed by atoms with E-state index in [1.165, 1.54) is 32.1 Å². The van der Waals surface area contributed by atoms with Crippen LogP contribution in [0.1, 0.15) is 39.0 Å². The van der Waals surface area contributed by atoms with Crippen molar-refractivity contribution in [1.82, 2.24) is 5.32 Å². The number of hydrogen-bond acceptors (Lipinski definition) is 4. The van der Waals surface area contributed by atoms with Crippen LogP contribution < -0.4 is 5.32 Å². The molecule has 0 aromatic rings. The smallest absolute Gasteiger partial charge is 0.0594 e. The van der Waals surface area contributed by atoms with E-state index in [4.69, 9.17) is 14.9 Å². The average molecular weight is 245 g/mol. The minimum atomic E-state index is -0.426. The first kappa shape index (κ1) is 14.9. The Balaban J connectivity index is 2.00. The van der Waals surface area contributed by atoms with Crippen LogP contribution >= 0.6 is 0 Å². The molecule has 0 bridgehead atoms. The van der Waals surface area contributed by atoms with E-state index in [1.807, 2.05) is 6.92 Å². The Morgan fingerprint density at radius 1 is 1.18 bits per heavy atom. The standard InChI is InChI=1S/C13H27NO3/c1-13(10-15,11-16)9-14-7-8-17-12-5-3-2-4-6-12/h12,14-16H,2-11H2,1H3. The van der Waals surface area contributed by atoms with Crippen LogP contribution in [0.4, 0.5) is 0 Å². The predicted molar refractivity (Wildman–Crippen MR) is 68.0 cm³/mol. The monoisotopic (exact) mass is 245 g/mol. The van der Waals surface area contributed by atoms with E-state index in [0.29, 0.717) is 12.6 Å². The third-order valence-electron chi connectivity index (χ3n) is 3.50. The van der Waals surface area contributed by atoms with Gasteiger partial charge in [0.15, 0.2) is 0 Å². The van der Waals surface area contributed by atoms with Gasteiger partial charge >= 0.3 is 0 Å². The largest absolute Gasteiger partial charge is 0.396 e. The zero-order valence-electron chi connectivity index (χ0n) is 11.0. The molecule has 0 saturated heterocycles. The maximum atomic E-state index is 9.11. The molecule has 1 saturated carbocycles. The molecule has 1 fully saturated rings. The van der Waals surface area contributed by atoms with Gasteiger partial charge in [-0.25, -0.2) is 0 Å². The second-order valence-corrected chi connectivity index (χ2v) is 5.43. The number of hydrogen-bond donors (Lipinski definition) is 3. The molecule has 0 aromatic carbocycles. The van der Waals surface area contributed by atoms with Gasteiger partial charge in [-0.2, -0.15) is 0 Å². The van der Waals surface area contributed by atoms with E-state index in [0.717, 1.165) is 13.2 Å². The van der Waals surface area contributed by atoms with Crippen LogP contribution in [0.5, 0.6) is 0 Å². The maximum absolute atomic E-state index is 9.11. The van der Waals surface area contributed by atoms with Crippen LogP contribution in [0, 0.1) is 5.41 Å². The molecular formula is C13H27NO3. The third-order valence-corrected chi connectivity index (χ3v) is 3.50. The molecule has 0 aromatic heterocycles. The Labute approximate surface area is 104 Å². The summed E-state index contributed by atoms with van der Waals surface area (Å²) in [5.41, 5.74) is -0.426. The second kappa shape index (κ2) is 8.03. The van der Waals surface area contributed by atoms with Crippen molar-refractivity contribution in [3.05, 3.63) is 0 Å². The van der Waals surface area contributed by atoms with Gasteiger partial charge in [-0.1, -0.05) is 26.2 Å². The lowest BCUT2D eigenvalue weighted by Gasteiger charge is -2.25. The summed E-state index contributed by atoms with van der Waals surface area (Å²) in [5, 5.41) is 21.5. The highest BCUT2D eigenvalue weighted by Crippen LogP contribution is 2.19. The highest BCUT2D eigenvalue weighted by molar-refractivity contribution is 4.74. The van der Waals surface area contributed by atoms with Gasteiger partial charge < -0.3 is 20.3 Å². The molecule has 4 heteroatoms. The van der Waals surface area contributed by atoms with E-state index in [-0.39, 0.29) is 13.2 Å². The van der Waals surface area contributed by atoms with Gasteiger partial charge in [-0.3, -0.25) is 0 Å². The Kier molecular flexibility index (Phi) is 7.04. The van der Waals surface area contributed by atoms with E-state index < -0.39 is 5.41 Å². The maximum Gasteiger partial charge on any atom is 0.0594 e. The average Bonchev–Trinajstić information content (AvgIpc) is 2.39. The minimum absolute atomic E-state index is 0.0000177. The summed E-state index contributed by atoms with van der Waals surface area (Å²) in [6.07, 6.45) is 6.79. The number of aliphatic hydroxyl groups is 2. The van der Waals surface area contributed by atoms with Crippen molar-refractivity contribution >= 4 is 0 Å². The molecule has 1 aliphatic rings. The van der Waals surface area contributed by atoms with Gasteiger partial charge in [0.1, 0.15) is 0 Å². The molecule has 0 atom stereocenters. The van der Waals surface area contributed by atoms with Gasteiger partial charge in [-0.15, -0.1) is 0 Å². The summed E-state index contributed by atoms with van der Waals surface area (Å²) < 4.78 is 5.78. The molecule has 102 valence electrons. The zero-order chi connectivity index (χ0) is 12.6. The topological polar surface area (TPSA) is 61.7 Å². The number of ether oxygens (including phenoxy) is 1. The summed E-state index contributed by atoms with van der Waals surface area (Å²) in [4.78, 5) is 0. The van der Waals surface area contributed by atoms with Crippen LogP contribution in [-0.4, -0.2) is 49.2 Å². The fraction of sp³-hybridized carbons (Fsp3) is 1.00. The Morgan fingerprint density at radius 3 is 2.41 bits per heavy atom. The molecule has 1 rings (SSSR count). The lowest BCUT2D eigenvalue weighted by molar-refractivity contribution is 0.0260. The molecule has 0 heterocycles. The van der Waals surface area contributed by atoms with Crippen molar-refractivity contribution < 1.29 is 14.9 Å². The Morgan fingerprint density at radius 2 is 1.82 bits per heavy atom. The van der Waals surface area contributed by atoms with Crippen molar-refractivity contribution in [2.24, 2.45) is 5.41 Å². The fourth-order valence-corrected chi connectivity index (χ4v) is 2.08. The molecule has 1 aliphatic carbocycles. The van der Waals surface area contributed by atoms with Gasteiger partial charge in [0.2, 0.25) is 0 Å². The van der Waals surface area contributed by atoms with Gasteiger partial charge in [-0.05, 0) is 12.8 Å². The zero-order valence-corrected chi connectivity index (χ0v) is 11.0. The fourth-order valence-electron chi connectivity index (χ4n) is 2.08. The highest BCUT2D eigenvalue weighted by atomic mass is 16.5. The summed E-state index contributed by atoms with van der Waals surface area (Å²) in [7, 11) is 0. The van der Waals surface area contributed by atoms with Crippen molar-refractivity contribution in [2.75, 3.05) is 32.9 Å². The van der Waals surface area contributed by atoms with Crippen LogP contribution in [0.25, 0.3) is 0 Å². The molecular weight excluding hydrogens is 218 g/mol. The first-order valence-corrected chi connectivity index (χ1v) is 6.74. The summed E-state index contributed by atoms with van der Waals surface area (Å²) >= 11 is 0. The van der Waals surface area contributed by atoms with E-state index >= 15 is 0 Å². The molecule has 4 nitrogen and oxygen atoms in total. The van der Waals surface area contributed by atoms with Crippen LogP contribution in [0.15, 0.2) is 0 Å². The molecule has 0 spiro atoms. The molecule has 0 amide bonds. The summed E-state index contributed by atoms with van der Waals surface area (Å²) in [6, 6.07) is 0. The van der Waals surface area contributed by atoms with Gasteiger partial charge in [0.25, 0.3) is 0 Å². The molecule has 17 heavy (non-hydrogen) atoms. The van der Waals surface area contributed by atoms with Crippen LogP contribution in [0.2, 0.25) is 0 Å².